The molecule has 0 atom stereocenters. The van der Waals surface area contributed by atoms with E-state index in [1.807, 2.05) is 37.3 Å². The van der Waals surface area contributed by atoms with E-state index in [0.29, 0.717) is 29.8 Å². The van der Waals surface area contributed by atoms with Crippen molar-refractivity contribution < 1.29 is 40.7 Å². The van der Waals surface area contributed by atoms with Crippen molar-refractivity contribution in [1.29, 1.82) is 0 Å². The first-order chi connectivity index (χ1) is 20.9. The van der Waals surface area contributed by atoms with Gasteiger partial charge in [0.25, 0.3) is 0 Å². The van der Waals surface area contributed by atoms with Crippen LogP contribution in [0, 0.1) is 12.8 Å². The average molecular weight is 635 g/mol. The van der Waals surface area contributed by atoms with Crippen LogP contribution in [0.3, 0.4) is 0 Å². The molecule has 5 nitrogen and oxygen atoms in total. The van der Waals surface area contributed by atoms with Gasteiger partial charge in [0.2, 0.25) is 5.91 Å². The van der Waals surface area contributed by atoms with Gasteiger partial charge in [-0.1, -0.05) is 24.3 Å². The third-order valence-electron chi connectivity index (χ3n) is 8.80. The monoisotopic (exact) mass is 634 g/mol. The molecule has 1 amide bonds. The first-order valence-corrected chi connectivity index (χ1v) is 14.6. The molecule has 0 spiro atoms. The highest BCUT2D eigenvalue weighted by molar-refractivity contribution is 6.03. The van der Waals surface area contributed by atoms with Crippen LogP contribution in [-0.4, -0.2) is 31.0 Å². The van der Waals surface area contributed by atoms with E-state index in [4.69, 9.17) is 4.74 Å². The number of benzene rings is 2. The predicted octanol–water partition coefficient (Wildman–Crippen LogP) is 8.87. The highest BCUT2D eigenvalue weighted by atomic mass is 19.4. The van der Waals surface area contributed by atoms with E-state index in [1.165, 1.54) is 32.9 Å². The lowest BCUT2D eigenvalue weighted by molar-refractivity contribution is -0.144. The van der Waals surface area contributed by atoms with Crippen LogP contribution in [0.15, 0.2) is 54.7 Å². The third-order valence-corrected chi connectivity index (χ3v) is 8.80. The largest absolute Gasteiger partial charge is 0.469 e. The topological polar surface area (TPSA) is 59.5 Å². The predicted molar refractivity (Wildman–Crippen MR) is 159 cm³/mol. The number of aromatic nitrogens is 1. The van der Waals surface area contributed by atoms with Crippen LogP contribution in [0.25, 0.3) is 11.1 Å². The lowest BCUT2D eigenvalue weighted by Crippen LogP contribution is -2.42. The Bertz CT molecular complexity index is 1520. The van der Waals surface area contributed by atoms with Gasteiger partial charge in [0.05, 0.1) is 35.5 Å². The first-order valence-electron chi connectivity index (χ1n) is 14.6. The minimum Gasteiger partial charge on any atom is -0.469 e. The molecule has 1 saturated carbocycles. The van der Waals surface area contributed by atoms with Gasteiger partial charge in [0.15, 0.2) is 0 Å². The van der Waals surface area contributed by atoms with Crippen molar-refractivity contribution in [2.75, 3.05) is 19.1 Å². The molecule has 4 rings (SSSR count). The first kappa shape index (κ1) is 34.0. The number of nitrogens with zero attached hydrogens (tertiary/aromatic N) is 2. The van der Waals surface area contributed by atoms with Crippen molar-refractivity contribution in [2.24, 2.45) is 5.92 Å². The molecule has 0 aliphatic heterocycles. The summed E-state index contributed by atoms with van der Waals surface area (Å²) in [5, 5.41) is 0. The molecule has 45 heavy (non-hydrogen) atoms. The maximum absolute atomic E-state index is 14.0. The van der Waals surface area contributed by atoms with Gasteiger partial charge in [-0.25, -0.2) is 0 Å². The standard InChI is InChI=1S/C34H36F6N2O3/c1-20-8-6-7-9-26(20)27-18-28(22-12-10-21(11-13-22)14-30(43)45-5)41-19-29(27)42(4)31(44)32(2,3)23-15-24(33(35,36)37)17-25(16-23)34(38,39)40/h6-9,15-19,21-22H,10-14H2,1-5H3. The minimum atomic E-state index is -5.04. The maximum atomic E-state index is 14.0. The second-order valence-corrected chi connectivity index (χ2v) is 12.2. The van der Waals surface area contributed by atoms with Gasteiger partial charge >= 0.3 is 18.3 Å². The molecule has 0 N–H and O–H groups in total. The molecule has 1 fully saturated rings. The molecular weight excluding hydrogens is 598 g/mol. The lowest BCUT2D eigenvalue weighted by Gasteiger charge is -2.32. The third kappa shape index (κ3) is 7.50. The molecular formula is C34H36F6N2O3. The molecule has 2 aromatic carbocycles. The SMILES string of the molecule is COC(=O)CC1CCC(c2cc(-c3ccccc3C)c(N(C)C(=O)C(C)(C)c3cc(C(F)(F)F)cc(C(F)(F)F)c3)cn2)CC1. The summed E-state index contributed by atoms with van der Waals surface area (Å²) < 4.78 is 86.5. The number of anilines is 1. The molecule has 0 bridgehead atoms. The molecule has 0 saturated heterocycles. The molecule has 0 unspecified atom stereocenters. The number of amides is 1. The molecule has 0 radical (unpaired) electrons. The molecule has 1 aliphatic carbocycles. The summed E-state index contributed by atoms with van der Waals surface area (Å²) in [4.78, 5) is 31.7. The number of aryl methyl sites for hydroxylation is 1. The Morgan fingerprint density at radius 3 is 1.96 bits per heavy atom. The fourth-order valence-electron chi connectivity index (χ4n) is 5.99. The summed E-state index contributed by atoms with van der Waals surface area (Å²) >= 11 is 0. The van der Waals surface area contributed by atoms with E-state index in [1.54, 1.807) is 6.20 Å². The van der Waals surface area contributed by atoms with Crippen LogP contribution in [0.2, 0.25) is 0 Å². The second kappa shape index (κ2) is 12.8. The zero-order valence-corrected chi connectivity index (χ0v) is 25.8. The Balaban J connectivity index is 1.73. The maximum Gasteiger partial charge on any atom is 0.416 e. The second-order valence-electron chi connectivity index (χ2n) is 12.2. The van der Waals surface area contributed by atoms with Gasteiger partial charge in [-0.2, -0.15) is 26.3 Å². The zero-order chi connectivity index (χ0) is 33.3. The van der Waals surface area contributed by atoms with Gasteiger partial charge in [-0.3, -0.25) is 14.6 Å². The van der Waals surface area contributed by atoms with E-state index in [9.17, 15) is 35.9 Å². The van der Waals surface area contributed by atoms with E-state index < -0.39 is 40.4 Å². The van der Waals surface area contributed by atoms with Gasteiger partial charge in [0, 0.05) is 30.6 Å². The van der Waals surface area contributed by atoms with Crippen molar-refractivity contribution in [1.82, 2.24) is 4.98 Å². The average Bonchev–Trinajstić information content (AvgIpc) is 2.99. The lowest BCUT2D eigenvalue weighted by atomic mass is 9.78. The highest BCUT2D eigenvalue weighted by Crippen LogP contribution is 2.43. The number of pyridine rings is 1. The summed E-state index contributed by atoms with van der Waals surface area (Å²) in [6.07, 6.45) is -4.92. The van der Waals surface area contributed by atoms with Crippen LogP contribution < -0.4 is 4.90 Å². The number of esters is 1. The van der Waals surface area contributed by atoms with Crippen molar-refractivity contribution in [3.8, 4) is 11.1 Å². The summed E-state index contributed by atoms with van der Waals surface area (Å²) in [6.45, 7) is 4.53. The van der Waals surface area contributed by atoms with E-state index in [0.717, 1.165) is 42.5 Å². The van der Waals surface area contributed by atoms with Gasteiger partial charge in [-0.05, 0) is 93.3 Å². The number of hydrogen-bond donors (Lipinski definition) is 0. The van der Waals surface area contributed by atoms with E-state index in [-0.39, 0.29) is 23.9 Å². The smallest absolute Gasteiger partial charge is 0.416 e. The zero-order valence-electron chi connectivity index (χ0n) is 25.8. The molecule has 242 valence electrons. The van der Waals surface area contributed by atoms with Crippen molar-refractivity contribution >= 4 is 17.6 Å². The van der Waals surface area contributed by atoms with E-state index >= 15 is 0 Å². The molecule has 1 aliphatic rings. The number of ether oxygens (including phenoxy) is 1. The number of carbonyl (C=O) groups excluding carboxylic acids is 2. The van der Waals surface area contributed by atoms with E-state index in [2.05, 4.69) is 4.98 Å². The van der Waals surface area contributed by atoms with Crippen molar-refractivity contribution in [2.45, 2.75) is 76.6 Å². The molecule has 3 aromatic rings. The Morgan fingerprint density at radius 1 is 0.867 bits per heavy atom. The molecule has 1 aromatic heterocycles. The van der Waals surface area contributed by atoms with Crippen LogP contribution in [0.5, 0.6) is 0 Å². The fourth-order valence-corrected chi connectivity index (χ4v) is 5.99. The van der Waals surface area contributed by atoms with Gasteiger partial charge in [0.1, 0.15) is 0 Å². The van der Waals surface area contributed by atoms with Crippen molar-refractivity contribution in [3.63, 3.8) is 0 Å². The van der Waals surface area contributed by atoms with Crippen LogP contribution in [-0.2, 0) is 32.1 Å². The number of methoxy groups -OCH3 is 1. The molecule has 11 heteroatoms. The number of rotatable bonds is 7. The summed E-state index contributed by atoms with van der Waals surface area (Å²) in [7, 11) is 2.81. The van der Waals surface area contributed by atoms with Crippen LogP contribution in [0.1, 0.15) is 79.8 Å². The van der Waals surface area contributed by atoms with Gasteiger partial charge in [-0.15, -0.1) is 0 Å². The number of hydrogen-bond acceptors (Lipinski definition) is 4. The normalized spacial score (nSPS) is 17.6. The summed E-state index contributed by atoms with van der Waals surface area (Å²) in [5.41, 5.74) is -1.58. The number of likely N-dealkylation sites (N-methyl/N-ethyl adjacent to an activating group) is 1. The van der Waals surface area contributed by atoms with Crippen molar-refractivity contribution in [3.05, 3.63) is 82.7 Å². The van der Waals surface area contributed by atoms with Crippen LogP contribution in [0.4, 0.5) is 32.0 Å². The molecule has 1 heterocycles. The highest BCUT2D eigenvalue weighted by Gasteiger charge is 2.41. The Hall–Kier alpha value is -3.89. The Kier molecular flexibility index (Phi) is 9.70. The number of halogens is 6. The van der Waals surface area contributed by atoms with Gasteiger partial charge < -0.3 is 9.64 Å². The Labute approximate surface area is 258 Å². The number of carbonyl (C=O) groups is 2. The fraction of sp³-hybridized carbons (Fsp3) is 0.441. The minimum absolute atomic E-state index is 0.0512. The number of alkyl halides is 6. The van der Waals surface area contributed by atoms with Crippen LogP contribution >= 0.6 is 0 Å². The summed E-state index contributed by atoms with van der Waals surface area (Å²) in [5.74, 6) is -0.608. The summed E-state index contributed by atoms with van der Waals surface area (Å²) in [6, 6.07) is 10.7. The quantitative estimate of drug-likeness (QED) is 0.193. The Morgan fingerprint density at radius 2 is 1.42 bits per heavy atom.